The van der Waals surface area contributed by atoms with Crippen molar-refractivity contribution in [2.24, 2.45) is 5.10 Å². The Balaban J connectivity index is 1.82. The number of anilines is 1. The minimum Gasteiger partial charge on any atom is -0.484 e. The molecule has 0 aromatic heterocycles. The first kappa shape index (κ1) is 18.4. The quantitative estimate of drug-likeness (QED) is 0.517. The average Bonchev–Trinajstić information content (AvgIpc) is 2.63. The van der Waals surface area contributed by atoms with Crippen molar-refractivity contribution in [1.82, 2.24) is 5.43 Å². The molecule has 0 aliphatic rings. The highest BCUT2D eigenvalue weighted by molar-refractivity contribution is 6.33. The summed E-state index contributed by atoms with van der Waals surface area (Å²) in [4.78, 5) is 22.7. The van der Waals surface area contributed by atoms with Crippen molar-refractivity contribution in [3.63, 3.8) is 0 Å². The Kier molecular flexibility index (Phi) is 6.94. The van der Waals surface area contributed by atoms with Crippen LogP contribution in [0.2, 0.25) is 5.02 Å². The standard InChI is InChI=1S/C17H16ClN3O4/c18-14-3-1-2-4-15(14)20-17(24)11-25-13-7-5-12(6-8-13)9-19-21-16(23)10-22/h1-9,22H,10-11H2,(H,20,24)(H,21,23)/b19-9-. The molecule has 0 bridgehead atoms. The lowest BCUT2D eigenvalue weighted by Gasteiger charge is -2.08. The summed E-state index contributed by atoms with van der Waals surface area (Å²) in [7, 11) is 0. The number of nitrogens with zero attached hydrogens (tertiary/aromatic N) is 1. The summed E-state index contributed by atoms with van der Waals surface area (Å²) in [5.74, 6) is -0.419. The van der Waals surface area contributed by atoms with E-state index in [2.05, 4.69) is 15.8 Å². The van der Waals surface area contributed by atoms with Crippen LogP contribution in [0.25, 0.3) is 0 Å². The van der Waals surface area contributed by atoms with Crippen LogP contribution in [0, 0.1) is 0 Å². The summed E-state index contributed by atoms with van der Waals surface area (Å²) in [6, 6.07) is 13.7. The van der Waals surface area contributed by atoms with Gasteiger partial charge in [0.2, 0.25) is 0 Å². The van der Waals surface area contributed by atoms with Crippen molar-refractivity contribution in [1.29, 1.82) is 0 Å². The number of hydrazone groups is 1. The largest absolute Gasteiger partial charge is 0.484 e. The van der Waals surface area contributed by atoms with Crippen molar-refractivity contribution >= 4 is 35.3 Å². The van der Waals surface area contributed by atoms with E-state index in [1.165, 1.54) is 6.21 Å². The fourth-order valence-electron chi connectivity index (χ4n) is 1.76. The summed E-state index contributed by atoms with van der Waals surface area (Å²) >= 11 is 5.97. The van der Waals surface area contributed by atoms with E-state index < -0.39 is 12.5 Å². The molecule has 2 aromatic carbocycles. The molecule has 0 spiro atoms. The minimum atomic E-state index is -0.625. The fourth-order valence-corrected chi connectivity index (χ4v) is 1.95. The summed E-state index contributed by atoms with van der Waals surface area (Å²) in [5, 5.41) is 15.3. The molecule has 7 nitrogen and oxygen atoms in total. The smallest absolute Gasteiger partial charge is 0.265 e. The topological polar surface area (TPSA) is 100 Å². The number of hydrogen-bond donors (Lipinski definition) is 3. The molecular weight excluding hydrogens is 346 g/mol. The zero-order valence-corrected chi connectivity index (χ0v) is 13.9. The van der Waals surface area contributed by atoms with Crippen LogP contribution in [0.3, 0.4) is 0 Å². The van der Waals surface area contributed by atoms with Crippen molar-refractivity contribution in [2.75, 3.05) is 18.5 Å². The number of halogens is 1. The summed E-state index contributed by atoms with van der Waals surface area (Å²) in [6.07, 6.45) is 1.42. The van der Waals surface area contributed by atoms with Crippen LogP contribution in [0.4, 0.5) is 5.69 Å². The molecular formula is C17H16ClN3O4. The van der Waals surface area contributed by atoms with Gasteiger partial charge < -0.3 is 15.2 Å². The van der Waals surface area contributed by atoms with Gasteiger partial charge in [-0.1, -0.05) is 23.7 Å². The zero-order valence-electron chi connectivity index (χ0n) is 13.1. The van der Waals surface area contributed by atoms with E-state index in [-0.39, 0.29) is 12.5 Å². The van der Waals surface area contributed by atoms with Gasteiger partial charge in [-0.2, -0.15) is 5.10 Å². The lowest BCUT2D eigenvalue weighted by atomic mass is 10.2. The summed E-state index contributed by atoms with van der Waals surface area (Å²) in [5.41, 5.74) is 3.39. The first-order valence-corrected chi connectivity index (χ1v) is 7.66. The van der Waals surface area contributed by atoms with E-state index in [1.54, 1.807) is 48.5 Å². The Morgan fingerprint density at radius 3 is 2.52 bits per heavy atom. The number of ether oxygens (including phenoxy) is 1. The first-order valence-electron chi connectivity index (χ1n) is 7.28. The normalized spacial score (nSPS) is 10.5. The second-order valence-electron chi connectivity index (χ2n) is 4.84. The van der Waals surface area contributed by atoms with E-state index in [0.717, 1.165) is 0 Å². The Morgan fingerprint density at radius 2 is 1.84 bits per heavy atom. The number of nitrogens with one attached hydrogen (secondary N) is 2. The molecule has 2 rings (SSSR count). The molecule has 0 fully saturated rings. The van der Waals surface area contributed by atoms with E-state index in [9.17, 15) is 9.59 Å². The minimum absolute atomic E-state index is 0.161. The molecule has 0 heterocycles. The van der Waals surface area contributed by atoms with Crippen LogP contribution in [-0.4, -0.2) is 36.3 Å². The predicted molar refractivity (Wildman–Crippen MR) is 94.8 cm³/mol. The Bertz CT molecular complexity index is 763. The van der Waals surface area contributed by atoms with E-state index in [0.29, 0.717) is 22.0 Å². The number of hydrogen-bond acceptors (Lipinski definition) is 5. The monoisotopic (exact) mass is 361 g/mol. The lowest BCUT2D eigenvalue weighted by Crippen LogP contribution is -2.20. The van der Waals surface area contributed by atoms with Gasteiger partial charge in [0, 0.05) is 0 Å². The van der Waals surface area contributed by atoms with Gasteiger partial charge in [-0.15, -0.1) is 0 Å². The average molecular weight is 362 g/mol. The molecule has 0 aliphatic carbocycles. The highest BCUT2D eigenvalue weighted by Crippen LogP contribution is 2.20. The number of aliphatic hydroxyl groups excluding tert-OH is 1. The Morgan fingerprint density at radius 1 is 1.12 bits per heavy atom. The molecule has 0 saturated heterocycles. The van der Waals surface area contributed by atoms with Crippen molar-refractivity contribution in [3.8, 4) is 5.75 Å². The summed E-state index contributed by atoms with van der Waals surface area (Å²) in [6.45, 7) is -0.786. The van der Waals surface area contributed by atoms with Crippen LogP contribution in [0.5, 0.6) is 5.75 Å². The van der Waals surface area contributed by atoms with Gasteiger partial charge in [-0.3, -0.25) is 9.59 Å². The van der Waals surface area contributed by atoms with Gasteiger partial charge in [-0.05, 0) is 42.0 Å². The predicted octanol–water partition coefficient (Wildman–Crippen LogP) is 1.80. The van der Waals surface area contributed by atoms with Crippen LogP contribution in [0.15, 0.2) is 53.6 Å². The SMILES string of the molecule is O=C(CO)N/N=C\c1ccc(OCC(=O)Nc2ccccc2Cl)cc1. The molecule has 2 aromatic rings. The van der Waals surface area contributed by atoms with Crippen molar-refractivity contribution in [3.05, 3.63) is 59.1 Å². The second-order valence-corrected chi connectivity index (χ2v) is 5.24. The number of rotatable bonds is 7. The third-order valence-electron chi connectivity index (χ3n) is 2.94. The molecule has 0 aliphatic heterocycles. The van der Waals surface area contributed by atoms with Gasteiger partial charge in [0.25, 0.3) is 11.8 Å². The van der Waals surface area contributed by atoms with Gasteiger partial charge in [0.15, 0.2) is 6.61 Å². The fraction of sp³-hybridized carbons (Fsp3) is 0.118. The number of para-hydroxylation sites is 1. The molecule has 2 amide bonds. The maximum atomic E-state index is 11.9. The maximum absolute atomic E-state index is 11.9. The molecule has 0 unspecified atom stereocenters. The first-order chi connectivity index (χ1) is 12.1. The van der Waals surface area contributed by atoms with E-state index in [4.69, 9.17) is 21.4 Å². The van der Waals surface area contributed by atoms with Gasteiger partial charge in [-0.25, -0.2) is 5.43 Å². The Hall–Kier alpha value is -2.90. The molecule has 25 heavy (non-hydrogen) atoms. The van der Waals surface area contributed by atoms with Crippen LogP contribution >= 0.6 is 11.6 Å². The lowest BCUT2D eigenvalue weighted by molar-refractivity contribution is -0.123. The highest BCUT2D eigenvalue weighted by atomic mass is 35.5. The Labute approximate surface area is 149 Å². The maximum Gasteiger partial charge on any atom is 0.265 e. The van der Waals surface area contributed by atoms with Gasteiger partial charge in [0.05, 0.1) is 16.9 Å². The van der Waals surface area contributed by atoms with Crippen molar-refractivity contribution < 1.29 is 19.4 Å². The molecule has 130 valence electrons. The zero-order chi connectivity index (χ0) is 18.1. The third-order valence-corrected chi connectivity index (χ3v) is 3.27. The molecule has 8 heteroatoms. The molecule has 0 saturated carbocycles. The van der Waals surface area contributed by atoms with E-state index >= 15 is 0 Å². The number of amides is 2. The third kappa shape index (κ3) is 6.25. The number of benzene rings is 2. The van der Waals surface area contributed by atoms with Crippen LogP contribution in [-0.2, 0) is 9.59 Å². The molecule has 0 atom stereocenters. The van der Waals surface area contributed by atoms with Gasteiger partial charge >= 0.3 is 0 Å². The highest BCUT2D eigenvalue weighted by Gasteiger charge is 2.06. The van der Waals surface area contributed by atoms with Crippen LogP contribution in [0.1, 0.15) is 5.56 Å². The van der Waals surface area contributed by atoms with Crippen LogP contribution < -0.4 is 15.5 Å². The summed E-state index contributed by atoms with van der Waals surface area (Å²) < 4.78 is 5.39. The number of aliphatic hydroxyl groups is 1. The van der Waals surface area contributed by atoms with Crippen molar-refractivity contribution in [2.45, 2.75) is 0 Å². The second kappa shape index (κ2) is 9.41. The number of carbonyl (C=O) groups is 2. The molecule has 3 N–H and O–H groups in total. The molecule has 0 radical (unpaired) electrons. The van der Waals surface area contributed by atoms with E-state index in [1.807, 2.05) is 0 Å². The van der Waals surface area contributed by atoms with Gasteiger partial charge in [0.1, 0.15) is 12.4 Å². The number of carbonyl (C=O) groups excluding carboxylic acids is 2.